The van der Waals surface area contributed by atoms with Gasteiger partial charge in [-0.25, -0.2) is 4.98 Å². The summed E-state index contributed by atoms with van der Waals surface area (Å²) in [5.74, 6) is 0.114. The van der Waals surface area contributed by atoms with E-state index in [1.807, 2.05) is 0 Å². The average Bonchev–Trinajstić information content (AvgIpc) is 2.83. The fourth-order valence-corrected chi connectivity index (χ4v) is 2.78. The molecule has 1 amide bonds. The highest BCUT2D eigenvalue weighted by Gasteiger charge is 2.36. The van der Waals surface area contributed by atoms with Crippen LogP contribution in [0.5, 0.6) is 0 Å². The molecule has 1 aliphatic carbocycles. The Hall–Kier alpha value is -1.57. The number of aromatic nitrogens is 2. The van der Waals surface area contributed by atoms with Gasteiger partial charge in [-0.15, -0.1) is 0 Å². The topological polar surface area (TPSA) is 47.4 Å². The fourth-order valence-electron chi connectivity index (χ4n) is 2.78. The zero-order valence-corrected chi connectivity index (χ0v) is 12.1. The molecule has 0 atom stereocenters. The molecule has 122 valence electrons. The van der Waals surface area contributed by atoms with Gasteiger partial charge < -0.3 is 14.2 Å². The minimum atomic E-state index is -4.40. The highest BCUT2D eigenvalue weighted by atomic mass is 19.4. The summed E-state index contributed by atoms with van der Waals surface area (Å²) in [5.41, 5.74) is 0.0732. The number of ether oxygens (including phenoxy) is 1. The van der Waals surface area contributed by atoms with Gasteiger partial charge in [-0.3, -0.25) is 4.79 Å². The molecule has 0 aromatic carbocycles. The summed E-state index contributed by atoms with van der Waals surface area (Å²) in [5, 5.41) is 0. The Morgan fingerprint density at radius 3 is 2.82 bits per heavy atom. The van der Waals surface area contributed by atoms with Crippen LogP contribution in [0.4, 0.5) is 13.2 Å². The van der Waals surface area contributed by atoms with E-state index in [1.54, 1.807) is 4.57 Å². The normalized spacial score (nSPS) is 18.7. The lowest BCUT2D eigenvalue weighted by Crippen LogP contribution is -2.43. The molecular weight excluding hydrogens is 299 g/mol. The van der Waals surface area contributed by atoms with E-state index in [1.165, 1.54) is 6.20 Å². The third kappa shape index (κ3) is 3.43. The van der Waals surface area contributed by atoms with Crippen LogP contribution < -0.4 is 0 Å². The highest BCUT2D eigenvalue weighted by molar-refractivity contribution is 5.92. The molecule has 5 nitrogen and oxygen atoms in total. The molecule has 2 heterocycles. The molecule has 0 unspecified atom stereocenters. The van der Waals surface area contributed by atoms with Gasteiger partial charge in [0.2, 0.25) is 0 Å². The molecule has 1 saturated carbocycles. The van der Waals surface area contributed by atoms with Crippen molar-refractivity contribution in [3.05, 3.63) is 17.7 Å². The van der Waals surface area contributed by atoms with Crippen LogP contribution in [0.1, 0.15) is 35.6 Å². The molecule has 0 saturated heterocycles. The zero-order valence-electron chi connectivity index (χ0n) is 12.1. The summed E-state index contributed by atoms with van der Waals surface area (Å²) in [4.78, 5) is 17.4. The number of nitrogens with zero attached hydrogens (tertiary/aromatic N) is 3. The van der Waals surface area contributed by atoms with Crippen molar-refractivity contribution in [2.75, 3.05) is 19.7 Å². The summed E-state index contributed by atoms with van der Waals surface area (Å²) in [6.07, 6.45) is -0.0780. The number of amides is 1. The predicted octanol–water partition coefficient (Wildman–Crippen LogP) is 2.22. The van der Waals surface area contributed by atoms with E-state index in [4.69, 9.17) is 4.74 Å². The van der Waals surface area contributed by atoms with Crippen LogP contribution in [-0.4, -0.2) is 46.2 Å². The highest BCUT2D eigenvalue weighted by Crippen LogP contribution is 2.29. The molecule has 8 heteroatoms. The summed E-state index contributed by atoms with van der Waals surface area (Å²) in [6.45, 7) is 0.302. The summed E-state index contributed by atoms with van der Waals surface area (Å²) in [7, 11) is 0. The van der Waals surface area contributed by atoms with Gasteiger partial charge in [-0.1, -0.05) is 6.42 Å². The van der Waals surface area contributed by atoms with E-state index < -0.39 is 18.6 Å². The van der Waals surface area contributed by atoms with Crippen molar-refractivity contribution < 1.29 is 22.7 Å². The number of hydrogen-bond acceptors (Lipinski definition) is 3. The van der Waals surface area contributed by atoms with Crippen LogP contribution >= 0.6 is 0 Å². The van der Waals surface area contributed by atoms with Gasteiger partial charge >= 0.3 is 6.18 Å². The van der Waals surface area contributed by atoms with E-state index in [0.717, 1.165) is 24.2 Å². The fraction of sp³-hybridized carbons (Fsp3) is 0.714. The molecule has 2 aliphatic rings. The van der Waals surface area contributed by atoms with Gasteiger partial charge in [0.15, 0.2) is 0 Å². The first-order chi connectivity index (χ1) is 10.4. The number of fused-ring (bicyclic) bond motifs is 1. The Bertz CT molecular complexity index is 529. The maximum Gasteiger partial charge on any atom is 0.406 e. The van der Waals surface area contributed by atoms with Crippen LogP contribution in [0.15, 0.2) is 6.20 Å². The van der Waals surface area contributed by atoms with Gasteiger partial charge in [0.05, 0.1) is 6.61 Å². The van der Waals surface area contributed by atoms with E-state index >= 15 is 0 Å². The quantitative estimate of drug-likeness (QED) is 0.855. The van der Waals surface area contributed by atoms with Crippen molar-refractivity contribution in [2.45, 2.75) is 38.6 Å². The predicted molar refractivity (Wildman–Crippen MR) is 71.2 cm³/mol. The zero-order chi connectivity index (χ0) is 15.7. The molecular formula is C14H18F3N3O2. The van der Waals surface area contributed by atoms with Crippen molar-refractivity contribution in [1.29, 1.82) is 0 Å². The standard InChI is InChI=1S/C14H18F3N3O2/c15-14(16,17)9-20(6-10-2-1-3-10)13(21)11-7-19-4-5-22-8-12(19)18-11/h7,10H,1-6,8-9H2. The molecule has 0 radical (unpaired) electrons. The largest absolute Gasteiger partial charge is 0.406 e. The molecule has 1 fully saturated rings. The van der Waals surface area contributed by atoms with E-state index in [-0.39, 0.29) is 24.8 Å². The van der Waals surface area contributed by atoms with Crippen molar-refractivity contribution >= 4 is 5.91 Å². The molecule has 0 N–H and O–H groups in total. The molecule has 1 aliphatic heterocycles. The lowest BCUT2D eigenvalue weighted by molar-refractivity contribution is -0.142. The second-order valence-corrected chi connectivity index (χ2v) is 5.89. The minimum Gasteiger partial charge on any atom is -0.372 e. The first-order valence-electron chi connectivity index (χ1n) is 7.42. The third-order valence-corrected chi connectivity index (χ3v) is 4.15. The van der Waals surface area contributed by atoms with Crippen molar-refractivity contribution in [3.63, 3.8) is 0 Å². The molecule has 0 bridgehead atoms. The van der Waals surface area contributed by atoms with Crippen molar-refractivity contribution in [3.8, 4) is 0 Å². The molecule has 22 heavy (non-hydrogen) atoms. The number of imidazole rings is 1. The average molecular weight is 317 g/mol. The van der Waals surface area contributed by atoms with Crippen LogP contribution in [-0.2, 0) is 17.9 Å². The SMILES string of the molecule is O=C(c1cn2c(n1)COCC2)N(CC1CCC1)CC(F)(F)F. The smallest absolute Gasteiger partial charge is 0.372 e. The lowest BCUT2D eigenvalue weighted by atomic mass is 9.85. The van der Waals surface area contributed by atoms with E-state index in [0.29, 0.717) is 19.0 Å². The van der Waals surface area contributed by atoms with Crippen LogP contribution in [0.2, 0.25) is 0 Å². The Labute approximate surface area is 126 Å². The summed E-state index contributed by atoms with van der Waals surface area (Å²) in [6, 6.07) is 0. The summed E-state index contributed by atoms with van der Waals surface area (Å²) < 4.78 is 45.2. The maximum absolute atomic E-state index is 12.7. The second-order valence-electron chi connectivity index (χ2n) is 5.89. The number of halogens is 3. The monoisotopic (exact) mass is 317 g/mol. The molecule has 1 aromatic heterocycles. The number of carbonyl (C=O) groups is 1. The van der Waals surface area contributed by atoms with Crippen molar-refractivity contribution in [2.24, 2.45) is 5.92 Å². The first kappa shape index (κ1) is 15.3. The lowest BCUT2D eigenvalue weighted by Gasteiger charge is -2.32. The second kappa shape index (κ2) is 5.91. The third-order valence-electron chi connectivity index (χ3n) is 4.15. The number of carbonyl (C=O) groups excluding carboxylic acids is 1. The van der Waals surface area contributed by atoms with Crippen LogP contribution in [0.25, 0.3) is 0 Å². The van der Waals surface area contributed by atoms with E-state index in [9.17, 15) is 18.0 Å². The Morgan fingerprint density at radius 2 is 2.23 bits per heavy atom. The molecule has 3 rings (SSSR count). The minimum absolute atomic E-state index is 0.0732. The number of alkyl halides is 3. The maximum atomic E-state index is 12.7. The van der Waals surface area contributed by atoms with Crippen LogP contribution in [0, 0.1) is 5.92 Å². The Balaban J connectivity index is 1.76. The van der Waals surface area contributed by atoms with Gasteiger partial charge in [-0.05, 0) is 18.8 Å². The van der Waals surface area contributed by atoms with Crippen molar-refractivity contribution in [1.82, 2.24) is 14.5 Å². The van der Waals surface area contributed by atoms with Gasteiger partial charge in [0.1, 0.15) is 24.7 Å². The first-order valence-corrected chi connectivity index (χ1v) is 7.42. The van der Waals surface area contributed by atoms with Crippen LogP contribution in [0.3, 0.4) is 0 Å². The molecule has 1 aromatic rings. The van der Waals surface area contributed by atoms with Gasteiger partial charge in [-0.2, -0.15) is 13.2 Å². The Morgan fingerprint density at radius 1 is 1.45 bits per heavy atom. The van der Waals surface area contributed by atoms with E-state index in [2.05, 4.69) is 4.98 Å². The Kier molecular flexibility index (Phi) is 4.12. The van der Waals surface area contributed by atoms with Gasteiger partial charge in [0, 0.05) is 19.3 Å². The molecule has 0 spiro atoms. The number of hydrogen-bond donors (Lipinski definition) is 0. The summed E-state index contributed by atoms with van der Waals surface area (Å²) >= 11 is 0. The number of rotatable bonds is 4. The van der Waals surface area contributed by atoms with Gasteiger partial charge in [0.25, 0.3) is 5.91 Å².